The van der Waals surface area contributed by atoms with Gasteiger partial charge in [0, 0.05) is 28.8 Å². The van der Waals surface area contributed by atoms with E-state index < -0.39 is 6.04 Å². The predicted molar refractivity (Wildman–Crippen MR) is 114 cm³/mol. The summed E-state index contributed by atoms with van der Waals surface area (Å²) in [5, 5.41) is 6.21. The first kappa shape index (κ1) is 19.8. The molecule has 0 saturated heterocycles. The fourth-order valence-corrected chi connectivity index (χ4v) is 3.23. The van der Waals surface area contributed by atoms with Crippen molar-refractivity contribution in [3.05, 3.63) is 88.9 Å². The van der Waals surface area contributed by atoms with Crippen molar-refractivity contribution in [1.82, 2.24) is 5.32 Å². The third-order valence-electron chi connectivity index (χ3n) is 4.65. The Labute approximate surface area is 178 Å². The molecule has 2 N–H and O–H groups in total. The van der Waals surface area contributed by atoms with Crippen LogP contribution in [0.4, 0.5) is 5.69 Å². The van der Waals surface area contributed by atoms with Crippen LogP contribution in [-0.4, -0.2) is 24.6 Å². The topological polar surface area (TPSA) is 76.7 Å². The Kier molecular flexibility index (Phi) is 5.86. The number of fused-ring (bicyclic) bond motifs is 1. The van der Waals surface area contributed by atoms with E-state index in [9.17, 15) is 9.59 Å². The number of carbonyl (C=O) groups is 2. The molecule has 152 valence electrons. The summed E-state index contributed by atoms with van der Waals surface area (Å²) in [6.07, 6.45) is 0.344. The summed E-state index contributed by atoms with van der Waals surface area (Å²) in [7, 11) is 0. The smallest absolute Gasteiger partial charge is 0.251 e. The maximum Gasteiger partial charge on any atom is 0.251 e. The summed E-state index contributed by atoms with van der Waals surface area (Å²) in [5.41, 5.74) is 1.91. The highest BCUT2D eigenvalue weighted by Gasteiger charge is 2.23. The van der Waals surface area contributed by atoms with Crippen LogP contribution in [-0.2, 0) is 11.2 Å². The highest BCUT2D eigenvalue weighted by molar-refractivity contribution is 6.30. The van der Waals surface area contributed by atoms with Crippen molar-refractivity contribution in [2.75, 3.05) is 12.1 Å². The minimum absolute atomic E-state index is 0.153. The van der Waals surface area contributed by atoms with E-state index in [-0.39, 0.29) is 18.6 Å². The van der Waals surface area contributed by atoms with E-state index in [2.05, 4.69) is 10.6 Å². The van der Waals surface area contributed by atoms with Crippen molar-refractivity contribution in [3.8, 4) is 11.5 Å². The number of amides is 2. The largest absolute Gasteiger partial charge is 0.454 e. The van der Waals surface area contributed by atoms with Gasteiger partial charge >= 0.3 is 0 Å². The van der Waals surface area contributed by atoms with Crippen LogP contribution in [0.5, 0.6) is 11.5 Å². The highest BCUT2D eigenvalue weighted by atomic mass is 35.5. The average Bonchev–Trinajstić information content (AvgIpc) is 3.22. The second-order valence-corrected chi connectivity index (χ2v) is 7.22. The van der Waals surface area contributed by atoms with Gasteiger partial charge in [0.1, 0.15) is 6.04 Å². The Hall–Kier alpha value is -3.51. The number of ether oxygens (including phenoxy) is 2. The summed E-state index contributed by atoms with van der Waals surface area (Å²) in [6, 6.07) is 20.4. The van der Waals surface area contributed by atoms with Crippen molar-refractivity contribution in [3.63, 3.8) is 0 Å². The number of halogens is 1. The van der Waals surface area contributed by atoms with Gasteiger partial charge in [-0.2, -0.15) is 0 Å². The lowest BCUT2D eigenvalue weighted by Crippen LogP contribution is -2.45. The monoisotopic (exact) mass is 422 g/mol. The lowest BCUT2D eigenvalue weighted by molar-refractivity contribution is -0.118. The van der Waals surface area contributed by atoms with Crippen LogP contribution in [0.1, 0.15) is 15.9 Å². The zero-order valence-electron chi connectivity index (χ0n) is 15.9. The zero-order valence-corrected chi connectivity index (χ0v) is 16.7. The number of hydrogen-bond donors (Lipinski definition) is 2. The number of benzene rings is 3. The van der Waals surface area contributed by atoms with Crippen LogP contribution < -0.4 is 20.1 Å². The Balaban J connectivity index is 1.52. The van der Waals surface area contributed by atoms with Crippen LogP contribution in [0.3, 0.4) is 0 Å². The van der Waals surface area contributed by atoms with Crippen molar-refractivity contribution in [2.24, 2.45) is 0 Å². The van der Waals surface area contributed by atoms with Gasteiger partial charge in [-0.05, 0) is 42.0 Å². The molecule has 1 aliphatic rings. The summed E-state index contributed by atoms with van der Waals surface area (Å²) < 4.78 is 10.6. The van der Waals surface area contributed by atoms with Crippen molar-refractivity contribution in [2.45, 2.75) is 12.5 Å². The Bertz CT molecular complexity index is 1050. The molecule has 0 bridgehead atoms. The van der Waals surface area contributed by atoms with E-state index in [1.807, 2.05) is 30.3 Å². The summed E-state index contributed by atoms with van der Waals surface area (Å²) in [5.74, 6) is 0.510. The van der Waals surface area contributed by atoms with Crippen LogP contribution >= 0.6 is 11.6 Å². The summed E-state index contributed by atoms with van der Waals surface area (Å²) in [6.45, 7) is 0.153. The molecule has 6 nitrogen and oxygen atoms in total. The normalized spacial score (nSPS) is 12.8. The van der Waals surface area contributed by atoms with Gasteiger partial charge in [0.05, 0.1) is 0 Å². The van der Waals surface area contributed by atoms with Crippen LogP contribution in [0, 0.1) is 0 Å². The number of carbonyl (C=O) groups excluding carboxylic acids is 2. The molecule has 1 heterocycles. The number of rotatable bonds is 6. The molecule has 3 aromatic carbocycles. The van der Waals surface area contributed by atoms with Crippen LogP contribution in [0.2, 0.25) is 5.02 Å². The SMILES string of the molecule is O=C(N[C@H](Cc1ccccc1)C(=O)Nc1ccc2c(c1)OCO2)c1ccc(Cl)cc1. The Morgan fingerprint density at radius 2 is 1.67 bits per heavy atom. The molecule has 0 fully saturated rings. The quantitative estimate of drug-likeness (QED) is 0.628. The third-order valence-corrected chi connectivity index (χ3v) is 4.90. The van der Waals surface area contributed by atoms with E-state index in [1.54, 1.807) is 42.5 Å². The maximum atomic E-state index is 13.0. The van der Waals surface area contributed by atoms with Gasteiger partial charge in [0.25, 0.3) is 5.91 Å². The number of nitrogens with one attached hydrogen (secondary N) is 2. The molecule has 0 aromatic heterocycles. The standard InChI is InChI=1S/C23H19ClN2O4/c24-17-8-6-16(7-9-17)22(27)26-19(12-15-4-2-1-3-5-15)23(28)25-18-10-11-20-21(13-18)30-14-29-20/h1-11,13,19H,12,14H2,(H,25,28)(H,26,27)/t19-/m1/s1. The molecule has 0 spiro atoms. The molecular formula is C23H19ClN2O4. The Morgan fingerprint density at radius 1 is 0.933 bits per heavy atom. The van der Waals surface area contributed by atoms with E-state index in [4.69, 9.17) is 21.1 Å². The van der Waals surface area contributed by atoms with Gasteiger partial charge in [-0.1, -0.05) is 41.9 Å². The third kappa shape index (κ3) is 4.72. The molecule has 2 amide bonds. The minimum Gasteiger partial charge on any atom is -0.454 e. The number of anilines is 1. The first-order chi connectivity index (χ1) is 14.6. The summed E-state index contributed by atoms with van der Waals surface area (Å²) in [4.78, 5) is 25.7. The van der Waals surface area contributed by atoms with Crippen LogP contribution in [0.15, 0.2) is 72.8 Å². The molecule has 1 aliphatic heterocycles. The van der Waals surface area contributed by atoms with Crippen molar-refractivity contribution in [1.29, 1.82) is 0 Å². The first-order valence-corrected chi connectivity index (χ1v) is 9.77. The number of hydrogen-bond acceptors (Lipinski definition) is 4. The van der Waals surface area contributed by atoms with E-state index in [1.165, 1.54) is 0 Å². The van der Waals surface area contributed by atoms with Gasteiger partial charge in [0.15, 0.2) is 11.5 Å². The molecule has 1 atom stereocenters. The second kappa shape index (κ2) is 8.88. The fraction of sp³-hybridized carbons (Fsp3) is 0.130. The molecule has 0 aliphatic carbocycles. The molecule has 0 unspecified atom stereocenters. The minimum atomic E-state index is -0.777. The van der Waals surface area contributed by atoms with Gasteiger partial charge in [-0.25, -0.2) is 0 Å². The molecule has 3 aromatic rings. The molecular weight excluding hydrogens is 404 g/mol. The molecule has 30 heavy (non-hydrogen) atoms. The summed E-state index contributed by atoms with van der Waals surface area (Å²) >= 11 is 5.90. The lowest BCUT2D eigenvalue weighted by atomic mass is 10.0. The molecule has 0 saturated carbocycles. The highest BCUT2D eigenvalue weighted by Crippen LogP contribution is 2.34. The van der Waals surface area contributed by atoms with Gasteiger partial charge in [-0.3, -0.25) is 9.59 Å². The first-order valence-electron chi connectivity index (χ1n) is 9.39. The second-order valence-electron chi connectivity index (χ2n) is 6.78. The van der Waals surface area contributed by atoms with E-state index >= 15 is 0 Å². The molecule has 4 rings (SSSR count). The van der Waals surface area contributed by atoms with Crippen LogP contribution in [0.25, 0.3) is 0 Å². The van der Waals surface area contributed by atoms with E-state index in [0.717, 1.165) is 5.56 Å². The van der Waals surface area contributed by atoms with Crippen molar-refractivity contribution < 1.29 is 19.1 Å². The Morgan fingerprint density at radius 3 is 2.43 bits per heavy atom. The fourth-order valence-electron chi connectivity index (χ4n) is 3.11. The molecule has 7 heteroatoms. The van der Waals surface area contributed by atoms with Gasteiger partial charge in [-0.15, -0.1) is 0 Å². The van der Waals surface area contributed by atoms with Gasteiger partial charge in [0.2, 0.25) is 12.7 Å². The lowest BCUT2D eigenvalue weighted by Gasteiger charge is -2.19. The van der Waals surface area contributed by atoms with Gasteiger partial charge < -0.3 is 20.1 Å². The van der Waals surface area contributed by atoms with Crippen molar-refractivity contribution >= 4 is 29.1 Å². The van der Waals surface area contributed by atoms with E-state index in [0.29, 0.717) is 34.2 Å². The molecule has 0 radical (unpaired) electrons. The predicted octanol–water partition coefficient (Wildman–Crippen LogP) is 4.05. The zero-order chi connectivity index (χ0) is 20.9. The maximum absolute atomic E-state index is 13.0. The average molecular weight is 423 g/mol.